The van der Waals surface area contributed by atoms with Crippen LogP contribution >= 0.6 is 11.6 Å². The quantitative estimate of drug-likeness (QED) is 0.300. The molecule has 11 heteroatoms. The summed E-state index contributed by atoms with van der Waals surface area (Å²) in [5, 5.41) is 4.31. The lowest BCUT2D eigenvalue weighted by atomic mass is 9.81. The van der Waals surface area contributed by atoms with Gasteiger partial charge in [-0.3, -0.25) is 0 Å². The van der Waals surface area contributed by atoms with Gasteiger partial charge in [-0.05, 0) is 57.7 Å². The van der Waals surface area contributed by atoms with Crippen LogP contribution in [-0.4, -0.2) is 26.3 Å². The number of alkyl halides is 3. The second kappa shape index (κ2) is 8.16. The van der Waals surface area contributed by atoms with Crippen LogP contribution in [0.5, 0.6) is 0 Å². The largest absolute Gasteiger partial charge is 0.443 e. The van der Waals surface area contributed by atoms with Crippen molar-refractivity contribution in [3.63, 3.8) is 0 Å². The highest BCUT2D eigenvalue weighted by Crippen LogP contribution is 2.40. The minimum Gasteiger partial charge on any atom is -0.443 e. The standard InChI is InChI=1S/C22H21ClF4N4O2/c1-21(2,3)33-20(32)30(15-8-13(22(25,26)27)7-14(24)9-15)18-10-17(23)29-19-16(11-28-31(18)19)12-5-4-6-12/h7-12H,4-6H2,1-3H3. The van der Waals surface area contributed by atoms with Gasteiger partial charge in [0.05, 0.1) is 17.4 Å². The second-order valence-electron chi connectivity index (χ2n) is 8.91. The van der Waals surface area contributed by atoms with E-state index in [9.17, 15) is 22.4 Å². The number of ether oxygens (including phenoxy) is 1. The van der Waals surface area contributed by atoms with E-state index in [0.29, 0.717) is 17.8 Å². The van der Waals surface area contributed by atoms with Gasteiger partial charge in [0.1, 0.15) is 22.4 Å². The van der Waals surface area contributed by atoms with E-state index >= 15 is 0 Å². The number of carbonyl (C=O) groups is 1. The first kappa shape index (κ1) is 23.3. The molecule has 0 N–H and O–H groups in total. The molecule has 1 aliphatic carbocycles. The summed E-state index contributed by atoms with van der Waals surface area (Å²) in [5.41, 5.74) is -1.42. The molecule has 0 aliphatic heterocycles. The van der Waals surface area contributed by atoms with Crippen molar-refractivity contribution in [2.75, 3.05) is 4.90 Å². The Kier molecular flexibility index (Phi) is 5.76. The summed E-state index contributed by atoms with van der Waals surface area (Å²) in [7, 11) is 0. The molecule has 0 unspecified atom stereocenters. The normalized spacial score (nSPS) is 14.9. The molecular formula is C22H21ClF4N4O2. The molecule has 1 amide bonds. The molecule has 3 aromatic rings. The molecule has 0 radical (unpaired) electrons. The minimum absolute atomic E-state index is 0.000389. The van der Waals surface area contributed by atoms with Gasteiger partial charge in [0.25, 0.3) is 0 Å². The number of carbonyl (C=O) groups excluding carboxylic acids is 1. The van der Waals surface area contributed by atoms with Crippen LogP contribution in [0.15, 0.2) is 30.5 Å². The van der Waals surface area contributed by atoms with Crippen LogP contribution in [0.1, 0.15) is 57.1 Å². The number of halogens is 5. The SMILES string of the molecule is CC(C)(C)OC(=O)N(c1cc(F)cc(C(F)(F)F)c1)c1cc(Cl)nc2c(C3CCC3)cnn12. The van der Waals surface area contributed by atoms with Crippen molar-refractivity contribution in [3.05, 3.63) is 52.6 Å². The van der Waals surface area contributed by atoms with E-state index in [-0.39, 0.29) is 22.6 Å². The lowest BCUT2D eigenvalue weighted by Gasteiger charge is -2.28. The Morgan fingerprint density at radius 3 is 2.45 bits per heavy atom. The van der Waals surface area contributed by atoms with E-state index in [2.05, 4.69) is 10.1 Å². The van der Waals surface area contributed by atoms with E-state index in [4.69, 9.17) is 16.3 Å². The number of fused-ring (bicyclic) bond motifs is 1. The van der Waals surface area contributed by atoms with Crippen molar-refractivity contribution < 1.29 is 27.1 Å². The molecule has 176 valence electrons. The molecule has 1 fully saturated rings. The highest BCUT2D eigenvalue weighted by molar-refractivity contribution is 6.29. The van der Waals surface area contributed by atoms with Gasteiger partial charge in [-0.2, -0.15) is 22.8 Å². The summed E-state index contributed by atoms with van der Waals surface area (Å²) < 4.78 is 61.2. The first-order valence-electron chi connectivity index (χ1n) is 10.3. The van der Waals surface area contributed by atoms with Crippen molar-refractivity contribution >= 4 is 34.8 Å². The van der Waals surface area contributed by atoms with Crippen molar-refractivity contribution in [2.24, 2.45) is 0 Å². The Bertz CT molecular complexity index is 1220. The zero-order valence-corrected chi connectivity index (χ0v) is 18.8. The van der Waals surface area contributed by atoms with Crippen LogP contribution in [0.3, 0.4) is 0 Å². The maximum Gasteiger partial charge on any atom is 0.420 e. The van der Waals surface area contributed by atoms with Crippen LogP contribution in [0.25, 0.3) is 5.65 Å². The molecule has 0 bridgehead atoms. The lowest BCUT2D eigenvalue weighted by molar-refractivity contribution is -0.137. The monoisotopic (exact) mass is 484 g/mol. The Balaban J connectivity index is 1.93. The lowest BCUT2D eigenvalue weighted by Crippen LogP contribution is -2.35. The zero-order valence-electron chi connectivity index (χ0n) is 18.1. The zero-order chi connectivity index (χ0) is 24.1. The van der Waals surface area contributed by atoms with Crippen molar-refractivity contribution in [2.45, 2.75) is 57.7 Å². The van der Waals surface area contributed by atoms with Gasteiger partial charge in [0.2, 0.25) is 0 Å². The Morgan fingerprint density at radius 1 is 1.18 bits per heavy atom. The van der Waals surface area contributed by atoms with Crippen LogP contribution in [-0.2, 0) is 10.9 Å². The van der Waals surface area contributed by atoms with Crippen molar-refractivity contribution in [3.8, 4) is 0 Å². The number of aromatic nitrogens is 3. The fourth-order valence-electron chi connectivity index (χ4n) is 3.61. The third kappa shape index (κ3) is 4.75. The van der Waals surface area contributed by atoms with Crippen LogP contribution in [0, 0.1) is 5.82 Å². The van der Waals surface area contributed by atoms with E-state index < -0.39 is 29.3 Å². The number of rotatable bonds is 3. The summed E-state index contributed by atoms with van der Waals surface area (Å²) in [6.07, 6.45) is -1.30. The number of anilines is 2. The fraction of sp³-hybridized carbons (Fsp3) is 0.409. The molecule has 0 saturated heterocycles. The first-order valence-corrected chi connectivity index (χ1v) is 10.7. The Labute approximate surface area is 192 Å². The summed E-state index contributed by atoms with van der Waals surface area (Å²) >= 11 is 6.24. The Morgan fingerprint density at radius 2 is 1.88 bits per heavy atom. The van der Waals surface area contributed by atoms with Gasteiger partial charge < -0.3 is 4.74 Å². The number of amides is 1. The molecule has 4 rings (SSSR count). The van der Waals surface area contributed by atoms with Crippen molar-refractivity contribution in [1.29, 1.82) is 0 Å². The average Bonchev–Trinajstić information content (AvgIpc) is 3.01. The molecule has 6 nitrogen and oxygen atoms in total. The van der Waals surface area contributed by atoms with Crippen LogP contribution < -0.4 is 4.90 Å². The summed E-state index contributed by atoms with van der Waals surface area (Å²) in [4.78, 5) is 18.3. The Hall–Kier alpha value is -2.88. The van der Waals surface area contributed by atoms with Crippen molar-refractivity contribution in [1.82, 2.24) is 14.6 Å². The van der Waals surface area contributed by atoms with E-state index in [0.717, 1.165) is 35.8 Å². The van der Waals surface area contributed by atoms with E-state index in [1.165, 1.54) is 10.6 Å². The molecule has 0 spiro atoms. The first-order chi connectivity index (χ1) is 15.3. The molecule has 33 heavy (non-hydrogen) atoms. The maximum absolute atomic E-state index is 14.3. The number of benzene rings is 1. The smallest absolute Gasteiger partial charge is 0.420 e. The van der Waals surface area contributed by atoms with Gasteiger partial charge in [-0.1, -0.05) is 18.0 Å². The molecule has 1 saturated carbocycles. The van der Waals surface area contributed by atoms with E-state index in [1.54, 1.807) is 27.0 Å². The maximum atomic E-state index is 14.3. The molecule has 2 heterocycles. The predicted octanol–water partition coefficient (Wildman–Crippen LogP) is 6.88. The van der Waals surface area contributed by atoms with Gasteiger partial charge in [-0.25, -0.2) is 19.1 Å². The topological polar surface area (TPSA) is 59.7 Å². The van der Waals surface area contributed by atoms with E-state index in [1.807, 2.05) is 0 Å². The highest BCUT2D eigenvalue weighted by atomic mass is 35.5. The highest BCUT2D eigenvalue weighted by Gasteiger charge is 2.35. The molecular weight excluding hydrogens is 464 g/mol. The molecule has 1 aromatic carbocycles. The molecule has 1 aliphatic rings. The van der Waals surface area contributed by atoms with Gasteiger partial charge in [0.15, 0.2) is 5.65 Å². The van der Waals surface area contributed by atoms with Crippen LogP contribution in [0.4, 0.5) is 33.9 Å². The molecule has 0 atom stereocenters. The number of hydrogen-bond donors (Lipinski definition) is 0. The fourth-order valence-corrected chi connectivity index (χ4v) is 3.79. The summed E-state index contributed by atoms with van der Waals surface area (Å²) in [5.74, 6) is -0.966. The minimum atomic E-state index is -4.83. The third-order valence-electron chi connectivity index (χ3n) is 5.27. The third-order valence-corrected chi connectivity index (χ3v) is 5.46. The number of nitrogens with zero attached hydrogens (tertiary/aromatic N) is 4. The predicted molar refractivity (Wildman–Crippen MR) is 114 cm³/mol. The summed E-state index contributed by atoms with van der Waals surface area (Å²) in [6, 6.07) is 3.11. The molecule has 2 aromatic heterocycles. The van der Waals surface area contributed by atoms with Gasteiger partial charge >= 0.3 is 12.3 Å². The average molecular weight is 485 g/mol. The number of hydrogen-bond acceptors (Lipinski definition) is 4. The van der Waals surface area contributed by atoms with Crippen LogP contribution in [0.2, 0.25) is 5.15 Å². The second-order valence-corrected chi connectivity index (χ2v) is 9.30. The summed E-state index contributed by atoms with van der Waals surface area (Å²) in [6.45, 7) is 4.81. The van der Waals surface area contributed by atoms with Gasteiger partial charge in [0, 0.05) is 11.6 Å². The van der Waals surface area contributed by atoms with Gasteiger partial charge in [-0.15, -0.1) is 0 Å².